The lowest BCUT2D eigenvalue weighted by atomic mass is 9.84. The molecular weight excluding hydrogens is 548 g/mol. The van der Waals surface area contributed by atoms with Crippen molar-refractivity contribution in [1.82, 2.24) is 8.87 Å². The lowest BCUT2D eigenvalue weighted by Gasteiger charge is -2.42. The van der Waals surface area contributed by atoms with Crippen molar-refractivity contribution in [3.05, 3.63) is 113 Å². The maximum absolute atomic E-state index is 14.0. The molecule has 3 aliphatic rings. The van der Waals surface area contributed by atoms with E-state index in [1.165, 1.54) is 15.1 Å². The molecule has 0 amide bonds. The van der Waals surface area contributed by atoms with Gasteiger partial charge in [-0.3, -0.25) is 4.90 Å². The number of aromatic nitrogens is 1. The van der Waals surface area contributed by atoms with Crippen LogP contribution >= 0.6 is 0 Å². The Bertz CT molecular complexity index is 1820. The molecule has 1 aromatic heterocycles. The van der Waals surface area contributed by atoms with Crippen LogP contribution in [0.5, 0.6) is 0 Å². The van der Waals surface area contributed by atoms with Crippen molar-refractivity contribution in [2.45, 2.75) is 62.9 Å². The van der Waals surface area contributed by atoms with Crippen molar-refractivity contribution in [1.29, 1.82) is 0 Å². The third-order valence-electron chi connectivity index (χ3n) is 9.03. The molecule has 3 aromatic carbocycles. The quantitative estimate of drug-likeness (QED) is 0.257. The summed E-state index contributed by atoms with van der Waals surface area (Å²) in [7, 11) is -3.89. The molecule has 0 spiro atoms. The first-order chi connectivity index (χ1) is 20.3. The molecule has 2 aliphatic heterocycles. The smallest absolute Gasteiger partial charge is 0.334 e. The van der Waals surface area contributed by atoms with E-state index in [9.17, 15) is 13.2 Å². The highest BCUT2D eigenvalue weighted by Crippen LogP contribution is 2.54. The summed E-state index contributed by atoms with van der Waals surface area (Å²) in [6.45, 7) is 6.09. The first kappa shape index (κ1) is 27.1. The van der Waals surface area contributed by atoms with E-state index in [1.807, 2.05) is 56.3 Å². The molecular formula is C34H34N2O5S. The van der Waals surface area contributed by atoms with Crippen molar-refractivity contribution in [2.24, 2.45) is 5.92 Å². The normalized spacial score (nSPS) is 25.1. The van der Waals surface area contributed by atoms with Gasteiger partial charge in [-0.2, -0.15) is 0 Å². The molecule has 0 saturated carbocycles. The van der Waals surface area contributed by atoms with Gasteiger partial charge >= 0.3 is 5.97 Å². The number of carbonyl (C=O) groups excluding carboxylic acids is 1. The molecule has 0 unspecified atom stereocenters. The van der Waals surface area contributed by atoms with Gasteiger partial charge < -0.3 is 9.47 Å². The Labute approximate surface area is 246 Å². The van der Waals surface area contributed by atoms with Crippen molar-refractivity contribution >= 4 is 26.9 Å². The van der Waals surface area contributed by atoms with Gasteiger partial charge in [0.2, 0.25) is 0 Å². The summed E-state index contributed by atoms with van der Waals surface area (Å²) in [4.78, 5) is 16.0. The van der Waals surface area contributed by atoms with E-state index in [2.05, 4.69) is 36.1 Å². The second-order valence-corrected chi connectivity index (χ2v) is 13.2. The second-order valence-electron chi connectivity index (χ2n) is 11.4. The highest BCUT2D eigenvalue weighted by atomic mass is 32.2. The van der Waals surface area contributed by atoms with Gasteiger partial charge in [-0.15, -0.1) is 0 Å². The van der Waals surface area contributed by atoms with Gasteiger partial charge in [0.05, 0.1) is 35.2 Å². The van der Waals surface area contributed by atoms with Crippen LogP contribution in [0.15, 0.2) is 95.5 Å². The number of aryl methyl sites for hydroxylation is 1. The third-order valence-corrected chi connectivity index (χ3v) is 10.7. The summed E-state index contributed by atoms with van der Waals surface area (Å²) in [6, 6.07) is 22.5. The van der Waals surface area contributed by atoms with E-state index in [1.54, 1.807) is 18.3 Å². The van der Waals surface area contributed by atoms with Crippen LogP contribution in [0.2, 0.25) is 0 Å². The Hall–Kier alpha value is -3.72. The minimum absolute atomic E-state index is 0.0129. The lowest BCUT2D eigenvalue weighted by molar-refractivity contribution is -0.141. The topological polar surface area (TPSA) is 77.8 Å². The monoisotopic (exact) mass is 582 g/mol. The molecule has 216 valence electrons. The average Bonchev–Trinajstić information content (AvgIpc) is 3.67. The van der Waals surface area contributed by atoms with Crippen LogP contribution in [0, 0.1) is 12.8 Å². The number of hydrogen-bond donors (Lipinski definition) is 0. The molecule has 1 aliphatic carbocycles. The Morgan fingerprint density at radius 3 is 2.48 bits per heavy atom. The lowest BCUT2D eigenvalue weighted by Crippen LogP contribution is -2.45. The van der Waals surface area contributed by atoms with E-state index in [4.69, 9.17) is 9.47 Å². The number of hydrogen-bond acceptors (Lipinski definition) is 6. The molecule has 3 heterocycles. The molecule has 8 heteroatoms. The molecule has 1 saturated heterocycles. The van der Waals surface area contributed by atoms with Crippen molar-refractivity contribution < 1.29 is 22.7 Å². The molecule has 0 bridgehead atoms. The molecule has 0 radical (unpaired) electrons. The summed E-state index contributed by atoms with van der Waals surface area (Å²) in [5.74, 6) is -0.506. The number of benzene rings is 3. The van der Waals surface area contributed by atoms with Crippen LogP contribution < -0.4 is 0 Å². The molecule has 7 nitrogen and oxygen atoms in total. The number of para-hydroxylation sites is 1. The molecule has 7 rings (SSSR count). The van der Waals surface area contributed by atoms with Gasteiger partial charge in [-0.25, -0.2) is 17.2 Å². The Morgan fingerprint density at radius 2 is 1.71 bits per heavy atom. The van der Waals surface area contributed by atoms with Crippen molar-refractivity contribution in [3.63, 3.8) is 0 Å². The van der Waals surface area contributed by atoms with Crippen LogP contribution in [-0.4, -0.2) is 42.2 Å². The van der Waals surface area contributed by atoms with Gasteiger partial charge in [0.15, 0.2) is 0 Å². The van der Waals surface area contributed by atoms with E-state index in [0.29, 0.717) is 17.5 Å². The van der Waals surface area contributed by atoms with Gasteiger partial charge in [0, 0.05) is 35.1 Å². The second kappa shape index (κ2) is 10.2. The van der Waals surface area contributed by atoms with E-state index >= 15 is 0 Å². The maximum Gasteiger partial charge on any atom is 0.334 e. The minimum Gasteiger partial charge on any atom is -0.463 e. The van der Waals surface area contributed by atoms with Crippen LogP contribution in [0.1, 0.15) is 54.6 Å². The molecule has 5 atom stereocenters. The van der Waals surface area contributed by atoms with Crippen molar-refractivity contribution in [2.75, 3.05) is 6.61 Å². The van der Waals surface area contributed by atoms with E-state index in [-0.39, 0.29) is 41.8 Å². The standard InChI is InChI=1S/C34H34N2O5S/c1-4-24-27(34(37)40-5-2)19-30(36-32-25-11-7-6-10-22(25)18-31(32)41-33(24)36)28-20-35(29-13-9-8-12-26(28)29)42(38,39)23-16-14-21(3)15-17-23/h6-17,19-20,24,30-33H,4-5,18H2,1-3H3/t24-,30+,31+,32-,33+/m0/s1. The zero-order chi connectivity index (χ0) is 29.2. The van der Waals surface area contributed by atoms with Crippen LogP contribution in [0.3, 0.4) is 0 Å². The summed E-state index contributed by atoms with van der Waals surface area (Å²) >= 11 is 0. The zero-order valence-electron chi connectivity index (χ0n) is 23.9. The van der Waals surface area contributed by atoms with Crippen LogP contribution in [0.25, 0.3) is 10.9 Å². The Balaban J connectivity index is 1.44. The predicted molar refractivity (Wildman–Crippen MR) is 160 cm³/mol. The average molecular weight is 583 g/mol. The highest BCUT2D eigenvalue weighted by molar-refractivity contribution is 7.90. The summed E-state index contributed by atoms with van der Waals surface area (Å²) in [5.41, 5.74) is 5.49. The number of fused-ring (bicyclic) bond motifs is 6. The van der Waals surface area contributed by atoms with Crippen LogP contribution in [0.4, 0.5) is 0 Å². The first-order valence-electron chi connectivity index (χ1n) is 14.6. The SMILES string of the molecule is CCOC(=O)C1=C[C@H](c2cn(S(=O)(=O)c3ccc(C)cc3)c3ccccc23)N2[C@H](O[C@@H]3Cc4ccccc4[C@@H]32)[C@H]1CC. The fourth-order valence-electron chi connectivity index (χ4n) is 7.13. The van der Waals surface area contributed by atoms with Gasteiger partial charge in [-0.1, -0.05) is 73.2 Å². The Kier molecular flexibility index (Phi) is 6.60. The fourth-order valence-corrected chi connectivity index (χ4v) is 8.50. The van der Waals surface area contributed by atoms with Crippen molar-refractivity contribution in [3.8, 4) is 0 Å². The number of esters is 1. The maximum atomic E-state index is 14.0. The number of nitrogens with zero attached hydrogens (tertiary/aromatic N) is 2. The Morgan fingerprint density at radius 1 is 0.976 bits per heavy atom. The third kappa shape index (κ3) is 4.07. The minimum atomic E-state index is -3.89. The molecule has 0 N–H and O–H groups in total. The molecule has 42 heavy (non-hydrogen) atoms. The number of rotatable bonds is 6. The highest BCUT2D eigenvalue weighted by Gasteiger charge is 2.55. The number of carbonyl (C=O) groups is 1. The fraction of sp³-hybridized carbons (Fsp3) is 0.324. The van der Waals surface area contributed by atoms with E-state index in [0.717, 1.165) is 22.9 Å². The molecule has 1 fully saturated rings. The first-order valence-corrected chi connectivity index (χ1v) is 16.1. The van der Waals surface area contributed by atoms with Gasteiger partial charge in [-0.05, 0) is 49.6 Å². The summed E-state index contributed by atoms with van der Waals surface area (Å²) in [6.07, 6.45) is 4.85. The zero-order valence-corrected chi connectivity index (χ0v) is 24.8. The largest absolute Gasteiger partial charge is 0.463 e. The van der Waals surface area contributed by atoms with E-state index < -0.39 is 16.1 Å². The molecule has 4 aromatic rings. The predicted octanol–water partition coefficient (Wildman–Crippen LogP) is 6.08. The van der Waals surface area contributed by atoms with Gasteiger partial charge in [0.1, 0.15) is 6.23 Å². The number of ether oxygens (including phenoxy) is 2. The van der Waals surface area contributed by atoms with Gasteiger partial charge in [0.25, 0.3) is 10.0 Å². The van der Waals surface area contributed by atoms with Crippen LogP contribution in [-0.2, 0) is 30.7 Å². The summed E-state index contributed by atoms with van der Waals surface area (Å²) in [5, 5.41) is 0.820. The summed E-state index contributed by atoms with van der Waals surface area (Å²) < 4.78 is 41.8.